The molecular formula is C40H50BrN3O8. The molecule has 3 heterocycles. The van der Waals surface area contributed by atoms with E-state index in [1.54, 1.807) is 22.0 Å². The van der Waals surface area contributed by atoms with Crippen LogP contribution in [0.1, 0.15) is 54.9 Å². The predicted octanol–water partition coefficient (Wildman–Crippen LogP) is 4.72. The lowest BCUT2D eigenvalue weighted by molar-refractivity contribution is -0.163. The Morgan fingerprint density at radius 2 is 1.90 bits per heavy atom. The highest BCUT2D eigenvalue weighted by Crippen LogP contribution is 2.60. The van der Waals surface area contributed by atoms with Crippen LogP contribution in [0.4, 0.5) is 5.69 Å². The van der Waals surface area contributed by atoms with Gasteiger partial charge in [-0.1, -0.05) is 70.5 Å². The molecule has 1 unspecified atom stereocenters. The van der Waals surface area contributed by atoms with Crippen LogP contribution in [0, 0.1) is 25.7 Å². The van der Waals surface area contributed by atoms with Gasteiger partial charge < -0.3 is 34.4 Å². The van der Waals surface area contributed by atoms with Gasteiger partial charge >= 0.3 is 5.97 Å². The third-order valence-corrected chi connectivity index (χ3v) is 11.2. The molecule has 3 aliphatic heterocycles. The van der Waals surface area contributed by atoms with Crippen molar-refractivity contribution in [1.82, 2.24) is 10.2 Å². The molecule has 2 N–H and O–H groups in total. The van der Waals surface area contributed by atoms with E-state index in [1.807, 2.05) is 62.4 Å². The van der Waals surface area contributed by atoms with E-state index in [9.17, 15) is 24.3 Å². The monoisotopic (exact) mass is 779 g/mol. The normalized spacial score (nSPS) is 25.7. The summed E-state index contributed by atoms with van der Waals surface area (Å²) in [6.07, 6.45) is 3.50. The van der Waals surface area contributed by atoms with Gasteiger partial charge in [0.05, 0.1) is 30.6 Å². The highest BCUT2D eigenvalue weighted by Gasteiger charge is 2.77. The number of aliphatic hydroxyl groups is 1. The first kappa shape index (κ1) is 39.4. The number of anilines is 1. The largest absolute Gasteiger partial charge is 0.455 e. The summed E-state index contributed by atoms with van der Waals surface area (Å²) in [6, 6.07) is 13.2. The Labute approximate surface area is 314 Å². The second kappa shape index (κ2) is 17.3. The molecule has 2 bridgehead atoms. The Hall–Kier alpha value is -3.84. The van der Waals surface area contributed by atoms with Crippen LogP contribution in [-0.2, 0) is 33.4 Å². The summed E-state index contributed by atoms with van der Waals surface area (Å²) in [5.74, 6) is -3.63. The molecule has 12 heteroatoms. The summed E-state index contributed by atoms with van der Waals surface area (Å²) < 4.78 is 18.6. The number of carbonyl (C=O) groups is 4. The fourth-order valence-corrected chi connectivity index (χ4v) is 8.97. The van der Waals surface area contributed by atoms with Crippen molar-refractivity contribution in [3.05, 3.63) is 90.5 Å². The van der Waals surface area contributed by atoms with Crippen molar-refractivity contribution in [3.8, 4) is 0 Å². The molecule has 11 nitrogen and oxygen atoms in total. The third kappa shape index (κ3) is 7.76. The Kier molecular flexibility index (Phi) is 13.1. The maximum atomic E-state index is 15.0. The first-order chi connectivity index (χ1) is 25.0. The number of esters is 1. The van der Waals surface area contributed by atoms with Crippen LogP contribution in [0.2, 0.25) is 0 Å². The molecule has 0 saturated carbocycles. The summed E-state index contributed by atoms with van der Waals surface area (Å²) >= 11 is 3.75. The van der Waals surface area contributed by atoms with Gasteiger partial charge in [0.25, 0.3) is 5.91 Å². The molecule has 3 fully saturated rings. The van der Waals surface area contributed by atoms with E-state index in [0.29, 0.717) is 36.9 Å². The summed E-state index contributed by atoms with van der Waals surface area (Å²) in [5, 5.41) is 12.6. The van der Waals surface area contributed by atoms with E-state index < -0.39 is 47.7 Å². The van der Waals surface area contributed by atoms with E-state index in [4.69, 9.17) is 14.2 Å². The number of methoxy groups -OCH3 is 1. The third-order valence-electron chi connectivity index (χ3n) is 10.3. The number of fused-ring (bicyclic) bond motifs is 1. The van der Waals surface area contributed by atoms with Crippen LogP contribution in [-0.4, -0.2) is 95.7 Å². The minimum atomic E-state index is -1.32. The van der Waals surface area contributed by atoms with Gasteiger partial charge in [-0.05, 0) is 62.3 Å². The second-order valence-corrected chi connectivity index (χ2v) is 15.1. The van der Waals surface area contributed by atoms with Gasteiger partial charge in [0.1, 0.15) is 17.7 Å². The van der Waals surface area contributed by atoms with Gasteiger partial charge in [-0.3, -0.25) is 19.2 Å². The van der Waals surface area contributed by atoms with Crippen LogP contribution < -0.4 is 10.2 Å². The van der Waals surface area contributed by atoms with Crippen molar-refractivity contribution in [2.75, 3.05) is 38.3 Å². The molecule has 0 radical (unpaired) electrons. The van der Waals surface area contributed by atoms with Crippen molar-refractivity contribution in [2.24, 2.45) is 11.8 Å². The molecule has 2 aromatic rings. The predicted molar refractivity (Wildman–Crippen MR) is 201 cm³/mol. The van der Waals surface area contributed by atoms with Gasteiger partial charge in [0.15, 0.2) is 0 Å². The van der Waals surface area contributed by atoms with Gasteiger partial charge in [0.2, 0.25) is 11.8 Å². The number of ether oxygens (including phenoxy) is 3. The number of aliphatic hydroxyl groups excluding tert-OH is 1. The minimum absolute atomic E-state index is 0.0529. The molecule has 5 rings (SSSR count). The molecule has 1 spiro atoms. The highest BCUT2D eigenvalue weighted by molar-refractivity contribution is 9.09. The van der Waals surface area contributed by atoms with Gasteiger partial charge in [-0.15, -0.1) is 13.2 Å². The number of hydrogen-bond donors (Lipinski definition) is 2. The van der Waals surface area contributed by atoms with E-state index >= 15 is 0 Å². The summed E-state index contributed by atoms with van der Waals surface area (Å²) in [4.78, 5) is 60.0. The number of rotatable bonds is 18. The maximum absolute atomic E-state index is 15.0. The molecule has 3 aliphatic rings. The molecule has 2 aromatic carbocycles. The number of carbonyl (C=O) groups excluding carboxylic acids is 4. The van der Waals surface area contributed by atoms with Crippen LogP contribution >= 0.6 is 15.9 Å². The number of allylic oxidation sites excluding steroid dienone is 1. The number of nitrogens with one attached hydrogen (secondary N) is 1. The Bertz CT molecular complexity index is 1640. The quantitative estimate of drug-likeness (QED) is 0.0961. The molecule has 3 saturated heterocycles. The fourth-order valence-electron chi connectivity index (χ4n) is 8.03. The number of halogens is 1. The number of nitrogens with zero attached hydrogens (tertiary/aromatic N) is 2. The van der Waals surface area contributed by atoms with Crippen LogP contribution in [0.3, 0.4) is 0 Å². The molecule has 3 amide bonds. The number of likely N-dealkylation sites (tertiary alicyclic amines) is 1. The number of unbranched alkanes of at least 4 members (excludes halogenated alkanes) is 1. The molecule has 52 heavy (non-hydrogen) atoms. The number of aryl methyl sites for hydroxylation is 2. The zero-order valence-corrected chi connectivity index (χ0v) is 31.8. The smallest absolute Gasteiger partial charge is 0.313 e. The molecule has 8 atom stereocenters. The van der Waals surface area contributed by atoms with E-state index in [-0.39, 0.29) is 55.3 Å². The topological polar surface area (TPSA) is 135 Å². The Morgan fingerprint density at radius 3 is 2.58 bits per heavy atom. The van der Waals surface area contributed by atoms with Crippen molar-refractivity contribution in [3.63, 3.8) is 0 Å². The molecular weight excluding hydrogens is 730 g/mol. The fraction of sp³-hybridized carbons (Fsp3) is 0.500. The van der Waals surface area contributed by atoms with E-state index in [2.05, 4.69) is 34.4 Å². The zero-order chi connectivity index (χ0) is 37.6. The van der Waals surface area contributed by atoms with E-state index in [1.165, 1.54) is 7.11 Å². The maximum Gasteiger partial charge on any atom is 0.313 e. The average molecular weight is 781 g/mol. The minimum Gasteiger partial charge on any atom is -0.455 e. The molecule has 280 valence electrons. The lowest BCUT2D eigenvalue weighted by atomic mass is 9.70. The molecule has 0 aliphatic carbocycles. The average Bonchev–Trinajstić information content (AvgIpc) is 3.72. The number of benzene rings is 2. The number of amides is 3. The number of hydrogen-bond acceptors (Lipinski definition) is 8. The standard InChI is InChI=1S/C40H50BrN3O8/c1-6-8-16-31(46)42-29(24-50-5)34(27-14-10-9-11-15-27)51-39(49)32-33-37(47)44(20-12-13-21-45)36(40(33)23-28(41)35(32)52-40)38(48)43(19-7-2)30-22-25(3)17-18-26(30)4/h6-7,9-11,14-15,17-18,22,28-29,32-36,45H,1-2,8,12-13,16,19-21,23-24H2,3-5H3,(H,42,46)/t28?,29-,32+,33-,34-,35+,36+,40-/m1/s1. The van der Waals surface area contributed by atoms with Gasteiger partial charge in [-0.25, -0.2) is 0 Å². The Balaban J connectivity index is 1.53. The zero-order valence-electron chi connectivity index (χ0n) is 30.2. The van der Waals surface area contributed by atoms with Crippen LogP contribution in [0.5, 0.6) is 0 Å². The number of alkyl halides is 1. The first-order valence-corrected chi connectivity index (χ1v) is 18.8. The van der Waals surface area contributed by atoms with Gasteiger partial charge in [0, 0.05) is 43.7 Å². The first-order valence-electron chi connectivity index (χ1n) is 17.9. The van der Waals surface area contributed by atoms with Crippen molar-refractivity contribution < 1.29 is 38.5 Å². The lowest BCUT2D eigenvalue weighted by Crippen LogP contribution is -2.57. The van der Waals surface area contributed by atoms with Crippen molar-refractivity contribution in [1.29, 1.82) is 0 Å². The van der Waals surface area contributed by atoms with Crippen LogP contribution in [0.25, 0.3) is 0 Å². The van der Waals surface area contributed by atoms with E-state index in [0.717, 1.165) is 11.1 Å². The van der Waals surface area contributed by atoms with Crippen molar-refractivity contribution >= 4 is 45.3 Å². The Morgan fingerprint density at radius 1 is 1.15 bits per heavy atom. The summed E-state index contributed by atoms with van der Waals surface area (Å²) in [6.45, 7) is 11.9. The lowest BCUT2D eigenvalue weighted by Gasteiger charge is -2.37. The highest BCUT2D eigenvalue weighted by atomic mass is 79.9. The second-order valence-electron chi connectivity index (χ2n) is 13.9. The van der Waals surface area contributed by atoms with Gasteiger partial charge in [-0.2, -0.15) is 0 Å². The SMILES string of the molecule is C=CCCC(=O)N[C@H](COC)[C@H](OC(=O)[C@@H]1[C@H]2O[C@@]3(CC2Br)[C@H](C(=O)N(CC=C)c2cc(C)ccc2C)N(CCCCO)C(=O)[C@@H]13)c1ccccc1. The molecule has 0 aromatic heterocycles. The van der Waals surface area contributed by atoms with Crippen LogP contribution in [0.15, 0.2) is 73.8 Å². The summed E-state index contributed by atoms with van der Waals surface area (Å²) in [5.41, 5.74) is 1.88. The van der Waals surface area contributed by atoms with Crippen molar-refractivity contribution in [2.45, 2.75) is 80.7 Å². The summed E-state index contributed by atoms with van der Waals surface area (Å²) in [7, 11) is 1.50.